The molecule has 2 nitrogen and oxygen atoms in total. The quantitative estimate of drug-likeness (QED) is 0.764. The van der Waals surface area contributed by atoms with Crippen LogP contribution in [0.1, 0.15) is 66.5 Å². The van der Waals surface area contributed by atoms with Crippen LogP contribution in [0, 0.1) is 0 Å². The molecule has 0 aliphatic carbocycles. The molecule has 0 N–H and O–H groups in total. The highest BCUT2D eigenvalue weighted by Crippen LogP contribution is 2.41. The Morgan fingerprint density at radius 1 is 0.700 bits per heavy atom. The van der Waals surface area contributed by atoms with Gasteiger partial charge in [0.1, 0.15) is 11.5 Å². The first-order valence-electron chi connectivity index (χ1n) is 7.55. The average Bonchev–Trinajstić information content (AvgIpc) is 2.28. The van der Waals surface area contributed by atoms with Crippen molar-refractivity contribution in [2.75, 3.05) is 13.2 Å². The molecule has 0 fully saturated rings. The second-order valence-electron chi connectivity index (χ2n) is 7.21. The Morgan fingerprint density at radius 2 is 1.00 bits per heavy atom. The van der Waals surface area contributed by atoms with E-state index in [1.54, 1.807) is 0 Å². The van der Waals surface area contributed by atoms with Gasteiger partial charge < -0.3 is 9.47 Å². The van der Waals surface area contributed by atoms with Crippen molar-refractivity contribution in [2.45, 2.75) is 66.2 Å². The van der Waals surface area contributed by atoms with Crippen molar-refractivity contribution >= 4 is 0 Å². The lowest BCUT2D eigenvalue weighted by Gasteiger charge is -2.29. The molecule has 0 amide bonds. The Kier molecular flexibility index (Phi) is 5.12. The first kappa shape index (κ1) is 16.9. The molecule has 0 aliphatic rings. The third-order valence-electron chi connectivity index (χ3n) is 3.30. The summed E-state index contributed by atoms with van der Waals surface area (Å²) in [5, 5.41) is 0. The average molecular weight is 278 g/mol. The summed E-state index contributed by atoms with van der Waals surface area (Å²) in [5.41, 5.74) is 2.48. The Bertz CT molecular complexity index is 404. The first-order valence-corrected chi connectivity index (χ1v) is 7.55. The predicted molar refractivity (Wildman–Crippen MR) is 86.2 cm³/mol. The standard InChI is InChI=1S/C18H30O2/c1-9-19-15-11-14(18(6,7)8)16(20-10-2)12-13(15)17(3,4)5/h11-12H,9-10H2,1-8H3. The maximum absolute atomic E-state index is 5.88. The van der Waals surface area contributed by atoms with E-state index < -0.39 is 0 Å². The van der Waals surface area contributed by atoms with Crippen molar-refractivity contribution in [2.24, 2.45) is 0 Å². The second-order valence-corrected chi connectivity index (χ2v) is 7.21. The van der Waals surface area contributed by atoms with Gasteiger partial charge in [-0.1, -0.05) is 41.5 Å². The predicted octanol–water partition coefficient (Wildman–Crippen LogP) is 5.08. The molecule has 20 heavy (non-hydrogen) atoms. The third-order valence-corrected chi connectivity index (χ3v) is 3.30. The molecular formula is C18H30O2. The smallest absolute Gasteiger partial charge is 0.123 e. The van der Waals surface area contributed by atoms with Gasteiger partial charge in [-0.15, -0.1) is 0 Å². The summed E-state index contributed by atoms with van der Waals surface area (Å²) in [4.78, 5) is 0. The summed E-state index contributed by atoms with van der Waals surface area (Å²) < 4.78 is 11.8. The number of hydrogen-bond acceptors (Lipinski definition) is 2. The normalized spacial score (nSPS) is 12.4. The van der Waals surface area contributed by atoms with E-state index in [-0.39, 0.29) is 10.8 Å². The fraction of sp³-hybridized carbons (Fsp3) is 0.667. The van der Waals surface area contributed by atoms with Gasteiger partial charge in [0, 0.05) is 11.1 Å². The van der Waals surface area contributed by atoms with Crippen LogP contribution in [-0.2, 0) is 10.8 Å². The van der Waals surface area contributed by atoms with E-state index in [1.165, 1.54) is 11.1 Å². The molecule has 1 aromatic rings. The van der Waals surface area contributed by atoms with Crippen LogP contribution in [0.5, 0.6) is 11.5 Å². The maximum Gasteiger partial charge on any atom is 0.123 e. The zero-order chi connectivity index (χ0) is 15.6. The largest absolute Gasteiger partial charge is 0.494 e. The van der Waals surface area contributed by atoms with Gasteiger partial charge in [0.15, 0.2) is 0 Å². The van der Waals surface area contributed by atoms with Gasteiger partial charge in [0.25, 0.3) is 0 Å². The molecule has 0 unspecified atom stereocenters. The summed E-state index contributed by atoms with van der Waals surface area (Å²) in [7, 11) is 0. The lowest BCUT2D eigenvalue weighted by atomic mass is 9.81. The van der Waals surface area contributed by atoms with Crippen molar-refractivity contribution < 1.29 is 9.47 Å². The molecule has 114 valence electrons. The van der Waals surface area contributed by atoms with E-state index >= 15 is 0 Å². The fourth-order valence-electron chi connectivity index (χ4n) is 2.28. The minimum atomic E-state index is 0.0345. The van der Waals surface area contributed by atoms with Crippen molar-refractivity contribution in [1.29, 1.82) is 0 Å². The van der Waals surface area contributed by atoms with Gasteiger partial charge >= 0.3 is 0 Å². The minimum absolute atomic E-state index is 0.0345. The Hall–Kier alpha value is -1.18. The van der Waals surface area contributed by atoms with Gasteiger partial charge in [0.05, 0.1) is 13.2 Å². The van der Waals surface area contributed by atoms with Gasteiger partial charge in [0.2, 0.25) is 0 Å². The zero-order valence-corrected chi connectivity index (χ0v) is 14.4. The van der Waals surface area contributed by atoms with E-state index in [0.29, 0.717) is 13.2 Å². The topological polar surface area (TPSA) is 18.5 Å². The summed E-state index contributed by atoms with van der Waals surface area (Å²) >= 11 is 0. The maximum atomic E-state index is 5.88. The Balaban J connectivity index is 3.51. The molecule has 0 bridgehead atoms. The minimum Gasteiger partial charge on any atom is -0.494 e. The molecule has 0 saturated carbocycles. The molecule has 0 radical (unpaired) electrons. The fourth-order valence-corrected chi connectivity index (χ4v) is 2.28. The van der Waals surface area contributed by atoms with E-state index in [0.717, 1.165) is 11.5 Å². The van der Waals surface area contributed by atoms with Crippen molar-refractivity contribution in [3.8, 4) is 11.5 Å². The lowest BCUT2D eigenvalue weighted by Crippen LogP contribution is -2.18. The third kappa shape index (κ3) is 3.91. The zero-order valence-electron chi connectivity index (χ0n) is 14.4. The van der Waals surface area contributed by atoms with Crippen LogP contribution in [0.3, 0.4) is 0 Å². The molecule has 1 aromatic carbocycles. The highest BCUT2D eigenvalue weighted by atomic mass is 16.5. The second kappa shape index (κ2) is 6.07. The van der Waals surface area contributed by atoms with E-state index in [2.05, 4.69) is 53.7 Å². The molecule has 2 heteroatoms. The SMILES string of the molecule is CCOc1cc(C(C)(C)C)c(OCC)cc1C(C)(C)C. The molecule has 0 saturated heterocycles. The summed E-state index contributed by atoms with van der Waals surface area (Å²) in [6, 6.07) is 4.32. The van der Waals surface area contributed by atoms with Crippen molar-refractivity contribution in [3.05, 3.63) is 23.3 Å². The number of benzene rings is 1. The molecule has 0 aromatic heterocycles. The summed E-state index contributed by atoms with van der Waals surface area (Å²) in [6.07, 6.45) is 0. The monoisotopic (exact) mass is 278 g/mol. The van der Waals surface area contributed by atoms with Crippen LogP contribution < -0.4 is 9.47 Å². The van der Waals surface area contributed by atoms with Crippen molar-refractivity contribution in [1.82, 2.24) is 0 Å². The van der Waals surface area contributed by atoms with Gasteiger partial charge in [-0.3, -0.25) is 0 Å². The molecule has 1 rings (SSSR count). The van der Waals surface area contributed by atoms with Gasteiger partial charge in [-0.05, 0) is 36.8 Å². The number of ether oxygens (including phenoxy) is 2. The highest BCUT2D eigenvalue weighted by Gasteiger charge is 2.26. The summed E-state index contributed by atoms with van der Waals surface area (Å²) in [6.45, 7) is 18.7. The van der Waals surface area contributed by atoms with Crippen LogP contribution in [0.15, 0.2) is 12.1 Å². The van der Waals surface area contributed by atoms with Crippen LogP contribution in [0.4, 0.5) is 0 Å². The van der Waals surface area contributed by atoms with E-state index in [4.69, 9.17) is 9.47 Å². The number of hydrogen-bond donors (Lipinski definition) is 0. The van der Waals surface area contributed by atoms with Gasteiger partial charge in [-0.25, -0.2) is 0 Å². The summed E-state index contributed by atoms with van der Waals surface area (Å²) in [5.74, 6) is 1.96. The number of rotatable bonds is 4. The molecule has 0 heterocycles. The molecular weight excluding hydrogens is 248 g/mol. The molecule has 0 spiro atoms. The van der Waals surface area contributed by atoms with Crippen LogP contribution >= 0.6 is 0 Å². The molecule has 0 atom stereocenters. The van der Waals surface area contributed by atoms with Crippen molar-refractivity contribution in [3.63, 3.8) is 0 Å². The Labute approximate surface area is 124 Å². The van der Waals surface area contributed by atoms with Crippen LogP contribution in [0.2, 0.25) is 0 Å². The first-order chi connectivity index (χ1) is 9.11. The van der Waals surface area contributed by atoms with E-state index in [9.17, 15) is 0 Å². The van der Waals surface area contributed by atoms with Crippen LogP contribution in [0.25, 0.3) is 0 Å². The van der Waals surface area contributed by atoms with Gasteiger partial charge in [-0.2, -0.15) is 0 Å². The lowest BCUT2D eigenvalue weighted by molar-refractivity contribution is 0.314. The Morgan fingerprint density at radius 3 is 1.20 bits per heavy atom. The highest BCUT2D eigenvalue weighted by molar-refractivity contribution is 5.51. The van der Waals surface area contributed by atoms with Crippen LogP contribution in [-0.4, -0.2) is 13.2 Å². The molecule has 0 aliphatic heterocycles. The van der Waals surface area contributed by atoms with E-state index in [1.807, 2.05) is 13.8 Å².